The van der Waals surface area contributed by atoms with Crippen molar-refractivity contribution < 1.29 is 27.8 Å². The fraction of sp³-hybridized carbons (Fsp3) is 0.133. The molecule has 0 unspecified atom stereocenters. The Morgan fingerprint density at radius 2 is 1.96 bits per heavy atom. The average molecular weight is 326 g/mol. The Hall–Kier alpha value is -2.90. The number of urea groups is 1. The van der Waals surface area contributed by atoms with E-state index in [1.807, 2.05) is 0 Å². The number of amides is 2. The molecular formula is C15H13F3N2O3. The summed E-state index contributed by atoms with van der Waals surface area (Å²) in [6, 6.07) is 6.08. The van der Waals surface area contributed by atoms with Crippen molar-refractivity contribution in [2.45, 2.75) is 6.18 Å². The van der Waals surface area contributed by atoms with Crippen molar-refractivity contribution in [2.24, 2.45) is 5.73 Å². The van der Waals surface area contributed by atoms with Gasteiger partial charge in [-0.1, -0.05) is 6.07 Å². The molecule has 0 aliphatic heterocycles. The second-order valence-corrected chi connectivity index (χ2v) is 4.60. The topological polar surface area (TPSA) is 84.6 Å². The highest BCUT2D eigenvalue weighted by Gasteiger charge is 2.35. The fourth-order valence-corrected chi connectivity index (χ4v) is 2.17. The normalized spacial score (nSPS) is 11.1. The lowest BCUT2D eigenvalue weighted by Crippen LogP contribution is -2.20. The first-order valence-corrected chi connectivity index (χ1v) is 6.38. The Morgan fingerprint density at radius 1 is 1.26 bits per heavy atom. The molecule has 0 heterocycles. The van der Waals surface area contributed by atoms with Gasteiger partial charge in [-0.05, 0) is 24.3 Å². The van der Waals surface area contributed by atoms with Crippen molar-refractivity contribution in [1.29, 1.82) is 0 Å². The smallest absolute Gasteiger partial charge is 0.417 e. The van der Waals surface area contributed by atoms with E-state index in [1.54, 1.807) is 0 Å². The van der Waals surface area contributed by atoms with Gasteiger partial charge in [-0.15, -0.1) is 0 Å². The van der Waals surface area contributed by atoms with Crippen molar-refractivity contribution in [3.8, 4) is 22.6 Å². The van der Waals surface area contributed by atoms with Crippen LogP contribution in [0, 0.1) is 0 Å². The summed E-state index contributed by atoms with van der Waals surface area (Å²) < 4.78 is 44.7. The Balaban J connectivity index is 2.74. The Morgan fingerprint density at radius 3 is 2.48 bits per heavy atom. The van der Waals surface area contributed by atoms with Gasteiger partial charge in [0.05, 0.1) is 18.4 Å². The number of alkyl halides is 3. The van der Waals surface area contributed by atoms with Crippen LogP contribution in [-0.2, 0) is 6.18 Å². The third kappa shape index (κ3) is 3.47. The van der Waals surface area contributed by atoms with E-state index in [9.17, 15) is 23.1 Å². The van der Waals surface area contributed by atoms with Gasteiger partial charge in [0, 0.05) is 17.2 Å². The number of carbonyl (C=O) groups is 1. The molecule has 23 heavy (non-hydrogen) atoms. The zero-order valence-electron chi connectivity index (χ0n) is 11.9. The van der Waals surface area contributed by atoms with E-state index in [4.69, 9.17) is 10.5 Å². The second-order valence-electron chi connectivity index (χ2n) is 4.60. The highest BCUT2D eigenvalue weighted by Crippen LogP contribution is 2.44. The number of hydrogen-bond acceptors (Lipinski definition) is 3. The van der Waals surface area contributed by atoms with Gasteiger partial charge in [0.15, 0.2) is 0 Å². The molecule has 0 radical (unpaired) electrons. The molecule has 2 aromatic carbocycles. The monoisotopic (exact) mass is 326 g/mol. The predicted molar refractivity (Wildman–Crippen MR) is 78.3 cm³/mol. The van der Waals surface area contributed by atoms with Gasteiger partial charge in [-0.3, -0.25) is 0 Å². The maximum atomic E-state index is 13.3. The van der Waals surface area contributed by atoms with Gasteiger partial charge in [-0.2, -0.15) is 13.2 Å². The van der Waals surface area contributed by atoms with Gasteiger partial charge in [0.1, 0.15) is 11.5 Å². The quantitative estimate of drug-likeness (QED) is 0.806. The van der Waals surface area contributed by atoms with Crippen LogP contribution in [0.25, 0.3) is 11.1 Å². The summed E-state index contributed by atoms with van der Waals surface area (Å²) in [5.41, 5.74) is 3.35. The predicted octanol–water partition coefficient (Wildman–Crippen LogP) is 3.58. The van der Waals surface area contributed by atoms with E-state index in [-0.39, 0.29) is 22.6 Å². The maximum Gasteiger partial charge on any atom is 0.417 e. The van der Waals surface area contributed by atoms with Crippen molar-refractivity contribution in [3.05, 3.63) is 42.0 Å². The summed E-state index contributed by atoms with van der Waals surface area (Å²) in [6.07, 6.45) is -4.68. The number of carbonyl (C=O) groups excluding carboxylic acids is 1. The third-order valence-corrected chi connectivity index (χ3v) is 3.10. The van der Waals surface area contributed by atoms with Crippen LogP contribution >= 0.6 is 0 Å². The van der Waals surface area contributed by atoms with Gasteiger partial charge in [-0.25, -0.2) is 4.79 Å². The Kier molecular flexibility index (Phi) is 4.35. The lowest BCUT2D eigenvalue weighted by molar-refractivity contribution is -0.137. The number of phenols is 1. The van der Waals surface area contributed by atoms with Crippen LogP contribution < -0.4 is 15.8 Å². The van der Waals surface area contributed by atoms with Crippen molar-refractivity contribution >= 4 is 11.7 Å². The first-order valence-electron chi connectivity index (χ1n) is 6.38. The van der Waals surface area contributed by atoms with Crippen LogP contribution in [-0.4, -0.2) is 18.2 Å². The summed E-state index contributed by atoms with van der Waals surface area (Å²) in [4.78, 5) is 11.0. The SMILES string of the molecule is COc1ccc(-c2c(NC(N)=O)cccc2C(F)(F)F)c(O)c1. The van der Waals surface area contributed by atoms with Crippen molar-refractivity contribution in [3.63, 3.8) is 0 Å². The largest absolute Gasteiger partial charge is 0.507 e. The molecule has 4 N–H and O–H groups in total. The molecule has 2 aromatic rings. The first-order chi connectivity index (χ1) is 10.7. The van der Waals surface area contributed by atoms with Crippen molar-refractivity contribution in [2.75, 3.05) is 12.4 Å². The molecular weight excluding hydrogens is 313 g/mol. The molecule has 0 aliphatic carbocycles. The number of aromatic hydroxyl groups is 1. The van der Waals surface area contributed by atoms with Crippen molar-refractivity contribution in [1.82, 2.24) is 0 Å². The molecule has 0 aromatic heterocycles. The standard InChI is InChI=1S/C15H13F3N2O3/c1-23-8-5-6-9(12(21)7-8)13-10(15(16,17)18)3-2-4-11(13)20-14(19)22/h2-7,21H,1H3,(H3,19,20,22). The zero-order chi connectivity index (χ0) is 17.2. The molecule has 8 heteroatoms. The van der Waals surface area contributed by atoms with E-state index >= 15 is 0 Å². The fourth-order valence-electron chi connectivity index (χ4n) is 2.17. The summed E-state index contributed by atoms with van der Waals surface area (Å²) in [6.45, 7) is 0. The number of benzene rings is 2. The number of nitrogens with two attached hydrogens (primary N) is 1. The molecule has 2 amide bonds. The number of rotatable bonds is 3. The number of primary amides is 1. The van der Waals surface area contributed by atoms with Crippen LogP contribution in [0.15, 0.2) is 36.4 Å². The van der Waals surface area contributed by atoms with Gasteiger partial charge >= 0.3 is 12.2 Å². The van der Waals surface area contributed by atoms with Crippen LogP contribution in [0.4, 0.5) is 23.7 Å². The number of phenolic OH excluding ortho intramolecular Hbond substituents is 1. The number of ether oxygens (including phenoxy) is 1. The summed E-state index contributed by atoms with van der Waals surface area (Å²) in [5.74, 6) is -0.145. The summed E-state index contributed by atoms with van der Waals surface area (Å²) in [7, 11) is 1.36. The zero-order valence-corrected chi connectivity index (χ0v) is 11.9. The Labute approximate surface area is 129 Å². The number of anilines is 1. The van der Waals surface area contributed by atoms with Crippen LogP contribution in [0.1, 0.15) is 5.56 Å². The molecule has 0 bridgehead atoms. The van der Waals surface area contributed by atoms with E-state index in [0.717, 1.165) is 12.1 Å². The molecule has 2 rings (SSSR count). The highest BCUT2D eigenvalue weighted by atomic mass is 19.4. The van der Waals surface area contributed by atoms with Gasteiger partial charge in [0.25, 0.3) is 0 Å². The van der Waals surface area contributed by atoms with Crippen LogP contribution in [0.3, 0.4) is 0 Å². The molecule has 122 valence electrons. The Bertz CT molecular complexity index is 745. The van der Waals surface area contributed by atoms with E-state index in [0.29, 0.717) is 0 Å². The number of halogens is 3. The molecule has 0 spiro atoms. The first kappa shape index (κ1) is 16.5. The molecule has 0 saturated heterocycles. The van der Waals surface area contributed by atoms with Crippen LogP contribution in [0.2, 0.25) is 0 Å². The second kappa shape index (κ2) is 6.07. The minimum absolute atomic E-state index is 0.109. The molecule has 5 nitrogen and oxygen atoms in total. The lowest BCUT2D eigenvalue weighted by Gasteiger charge is -2.18. The number of methoxy groups -OCH3 is 1. The average Bonchev–Trinajstić information content (AvgIpc) is 2.45. The highest BCUT2D eigenvalue weighted by molar-refractivity contribution is 5.95. The minimum atomic E-state index is -4.68. The molecule has 0 fully saturated rings. The molecule has 0 saturated carbocycles. The minimum Gasteiger partial charge on any atom is -0.507 e. The summed E-state index contributed by atoms with van der Waals surface area (Å²) in [5, 5.41) is 12.2. The third-order valence-electron chi connectivity index (χ3n) is 3.10. The van der Waals surface area contributed by atoms with Gasteiger partial charge in [0.2, 0.25) is 0 Å². The van der Waals surface area contributed by atoms with E-state index in [1.165, 1.54) is 31.4 Å². The van der Waals surface area contributed by atoms with Gasteiger partial charge < -0.3 is 20.9 Å². The van der Waals surface area contributed by atoms with E-state index < -0.39 is 23.5 Å². The maximum absolute atomic E-state index is 13.3. The number of nitrogens with one attached hydrogen (secondary N) is 1. The molecule has 0 atom stereocenters. The van der Waals surface area contributed by atoms with E-state index in [2.05, 4.69) is 5.32 Å². The lowest BCUT2D eigenvalue weighted by atomic mass is 9.96. The number of hydrogen-bond donors (Lipinski definition) is 3. The summed E-state index contributed by atoms with van der Waals surface area (Å²) >= 11 is 0. The molecule has 0 aliphatic rings. The van der Waals surface area contributed by atoms with Crippen LogP contribution in [0.5, 0.6) is 11.5 Å².